The Kier molecular flexibility index (Phi) is 6.35. The van der Waals surface area contributed by atoms with E-state index in [0.717, 1.165) is 16.3 Å². The smallest absolute Gasteiger partial charge is 0.350 e. The third-order valence-corrected chi connectivity index (χ3v) is 6.04. The van der Waals surface area contributed by atoms with E-state index in [1.165, 1.54) is 24.4 Å². The second kappa shape index (κ2) is 9.21. The number of benzene rings is 2. The number of halogens is 3. The molecule has 4 rings (SSSR count). The van der Waals surface area contributed by atoms with Crippen molar-refractivity contribution in [1.29, 1.82) is 0 Å². The Hall–Kier alpha value is -3.42. The van der Waals surface area contributed by atoms with Crippen LogP contribution in [0.3, 0.4) is 0 Å². The lowest BCUT2D eigenvalue weighted by Gasteiger charge is -2.30. The van der Waals surface area contributed by atoms with E-state index in [1.807, 2.05) is 42.5 Å². The molecule has 1 saturated heterocycles. The molecule has 0 bridgehead atoms. The van der Waals surface area contributed by atoms with Gasteiger partial charge in [0.2, 0.25) is 11.8 Å². The van der Waals surface area contributed by atoms with E-state index < -0.39 is 23.7 Å². The fraction of sp³-hybridized carbons (Fsp3) is 0.320. The van der Waals surface area contributed by atoms with Crippen molar-refractivity contribution in [3.63, 3.8) is 0 Å². The number of aromatic nitrogens is 1. The topological polar surface area (TPSA) is 71.1 Å². The van der Waals surface area contributed by atoms with Crippen LogP contribution in [0.5, 0.6) is 0 Å². The summed E-state index contributed by atoms with van der Waals surface area (Å²) in [5.41, 5.74) is 0.0617. The fourth-order valence-corrected chi connectivity index (χ4v) is 4.38. The van der Waals surface area contributed by atoms with Crippen LogP contribution in [0, 0.1) is 0 Å². The van der Waals surface area contributed by atoms with Crippen molar-refractivity contribution in [3.05, 3.63) is 78.1 Å². The summed E-state index contributed by atoms with van der Waals surface area (Å²) < 4.78 is 40.6. The first kappa shape index (κ1) is 22.8. The van der Waals surface area contributed by atoms with Crippen LogP contribution in [0.15, 0.2) is 66.9 Å². The number of hydrogen-bond donors (Lipinski definition) is 2. The number of pyridine rings is 1. The number of hydrogen-bond acceptors (Lipinski definition) is 3. The summed E-state index contributed by atoms with van der Waals surface area (Å²) in [5, 5.41) is 7.22. The number of alkyl halides is 3. The summed E-state index contributed by atoms with van der Waals surface area (Å²) in [5.74, 6) is -0.847. The Morgan fingerprint density at radius 2 is 1.85 bits per heavy atom. The van der Waals surface area contributed by atoms with Gasteiger partial charge in [0.25, 0.3) is 0 Å². The molecule has 1 aliphatic heterocycles. The normalized spacial score (nSPS) is 19.3. The summed E-state index contributed by atoms with van der Waals surface area (Å²) in [4.78, 5) is 28.3. The van der Waals surface area contributed by atoms with Gasteiger partial charge >= 0.3 is 6.18 Å². The highest BCUT2D eigenvalue weighted by Gasteiger charge is 2.43. The molecule has 1 aliphatic rings. The van der Waals surface area contributed by atoms with Gasteiger partial charge in [0, 0.05) is 24.6 Å². The van der Waals surface area contributed by atoms with Gasteiger partial charge in [-0.15, -0.1) is 0 Å². The molecule has 3 aromatic rings. The molecular weight excluding hydrogens is 431 g/mol. The molecule has 2 atom stereocenters. The summed E-state index contributed by atoms with van der Waals surface area (Å²) in [6.45, 7) is 0. The van der Waals surface area contributed by atoms with E-state index in [0.29, 0.717) is 19.3 Å². The zero-order chi connectivity index (χ0) is 23.5. The van der Waals surface area contributed by atoms with Crippen molar-refractivity contribution in [2.75, 3.05) is 0 Å². The fourth-order valence-electron chi connectivity index (χ4n) is 4.38. The second-order valence-electron chi connectivity index (χ2n) is 8.48. The molecule has 0 radical (unpaired) electrons. The molecule has 0 unspecified atom stereocenters. The molecule has 1 aromatic heterocycles. The minimum absolute atomic E-state index is 0.113. The highest BCUT2D eigenvalue weighted by atomic mass is 19.4. The van der Waals surface area contributed by atoms with Crippen molar-refractivity contribution < 1.29 is 22.8 Å². The molecular formula is C25H24F3N3O2. The molecule has 33 heavy (non-hydrogen) atoms. The Balaban J connectivity index is 1.47. The van der Waals surface area contributed by atoms with Gasteiger partial charge in [0.15, 0.2) is 6.04 Å². The van der Waals surface area contributed by atoms with E-state index in [1.54, 1.807) is 0 Å². The molecule has 0 aliphatic carbocycles. The first-order valence-electron chi connectivity index (χ1n) is 10.8. The number of carbonyl (C=O) groups excluding carboxylic acids is 2. The monoisotopic (exact) mass is 455 g/mol. The largest absolute Gasteiger partial charge is 0.414 e. The van der Waals surface area contributed by atoms with Gasteiger partial charge in [-0.25, -0.2) is 0 Å². The van der Waals surface area contributed by atoms with E-state index in [-0.39, 0.29) is 24.4 Å². The number of fused-ring (bicyclic) bond motifs is 1. The molecule has 0 spiro atoms. The van der Waals surface area contributed by atoms with Crippen LogP contribution in [0.4, 0.5) is 13.2 Å². The molecule has 2 N–H and O–H groups in total. The van der Waals surface area contributed by atoms with Crippen molar-refractivity contribution >= 4 is 22.6 Å². The first-order chi connectivity index (χ1) is 15.7. The van der Waals surface area contributed by atoms with Crippen LogP contribution < -0.4 is 10.6 Å². The Bertz CT molecular complexity index is 1150. The van der Waals surface area contributed by atoms with Gasteiger partial charge < -0.3 is 10.6 Å². The van der Waals surface area contributed by atoms with Gasteiger partial charge in [-0.2, -0.15) is 13.2 Å². The highest BCUT2D eigenvalue weighted by molar-refractivity contribution is 5.83. The van der Waals surface area contributed by atoms with Crippen LogP contribution in [0.2, 0.25) is 0 Å². The lowest BCUT2D eigenvalue weighted by molar-refractivity contribution is -0.164. The summed E-state index contributed by atoms with van der Waals surface area (Å²) in [6, 6.07) is 16.0. The van der Waals surface area contributed by atoms with Crippen LogP contribution >= 0.6 is 0 Å². The zero-order valence-corrected chi connectivity index (χ0v) is 17.9. The Labute approximate surface area is 189 Å². The summed E-state index contributed by atoms with van der Waals surface area (Å²) in [6.07, 6.45) is -1.97. The predicted molar refractivity (Wildman–Crippen MR) is 118 cm³/mol. The quantitative estimate of drug-likeness (QED) is 0.546. The predicted octanol–water partition coefficient (Wildman–Crippen LogP) is 4.63. The number of rotatable bonds is 7. The van der Waals surface area contributed by atoms with Crippen molar-refractivity contribution in [2.24, 2.45) is 0 Å². The van der Waals surface area contributed by atoms with Crippen LogP contribution in [-0.4, -0.2) is 28.5 Å². The minimum atomic E-state index is -4.67. The van der Waals surface area contributed by atoms with Crippen LogP contribution in [0.1, 0.15) is 43.0 Å². The van der Waals surface area contributed by atoms with Gasteiger partial charge in [0.1, 0.15) is 0 Å². The average molecular weight is 455 g/mol. The maximum absolute atomic E-state index is 13.5. The number of carbonyl (C=O) groups is 2. The molecule has 1 fully saturated rings. The molecule has 2 aromatic carbocycles. The maximum Gasteiger partial charge on any atom is 0.414 e. The van der Waals surface area contributed by atoms with Crippen molar-refractivity contribution in [3.8, 4) is 0 Å². The molecule has 2 heterocycles. The lowest BCUT2D eigenvalue weighted by Crippen LogP contribution is -2.45. The van der Waals surface area contributed by atoms with Gasteiger partial charge in [0.05, 0.1) is 5.69 Å². The molecule has 5 nitrogen and oxygen atoms in total. The number of nitrogens with one attached hydrogen (secondary N) is 2. The van der Waals surface area contributed by atoms with Crippen molar-refractivity contribution in [2.45, 2.75) is 49.9 Å². The van der Waals surface area contributed by atoms with Crippen LogP contribution in [-0.2, 0) is 16.0 Å². The molecule has 2 amide bonds. The van der Waals surface area contributed by atoms with E-state index in [4.69, 9.17) is 0 Å². The van der Waals surface area contributed by atoms with Crippen molar-refractivity contribution in [1.82, 2.24) is 15.6 Å². The van der Waals surface area contributed by atoms with Gasteiger partial charge in [-0.1, -0.05) is 48.5 Å². The SMILES string of the molecule is O=C(CC[C@]1(Cc2ccc3ccccc3c2)CCC(=O)N1)N[C@H](c1ccccn1)C(F)(F)F. The number of amides is 2. The van der Waals surface area contributed by atoms with Gasteiger partial charge in [-0.3, -0.25) is 14.6 Å². The Morgan fingerprint density at radius 3 is 2.52 bits per heavy atom. The standard InChI is InChI=1S/C25H24F3N3O2/c26-25(27,28)23(20-7-3-4-14-29-20)30-21(32)10-12-24(13-11-22(33)31-24)16-17-8-9-18-5-1-2-6-19(18)15-17/h1-9,14-15,23H,10-13,16H2,(H,30,32)(H,31,33)/t23-,24-/m1/s1. The van der Waals surface area contributed by atoms with E-state index in [9.17, 15) is 22.8 Å². The second-order valence-corrected chi connectivity index (χ2v) is 8.48. The molecule has 172 valence electrons. The van der Waals surface area contributed by atoms with Crippen LogP contribution in [0.25, 0.3) is 10.8 Å². The Morgan fingerprint density at radius 1 is 1.09 bits per heavy atom. The minimum Gasteiger partial charge on any atom is -0.350 e. The average Bonchev–Trinajstić information content (AvgIpc) is 3.16. The zero-order valence-electron chi connectivity index (χ0n) is 17.9. The highest BCUT2D eigenvalue weighted by Crippen LogP contribution is 2.33. The lowest BCUT2D eigenvalue weighted by atomic mass is 9.84. The number of nitrogens with zero attached hydrogens (tertiary/aromatic N) is 1. The first-order valence-corrected chi connectivity index (χ1v) is 10.8. The van der Waals surface area contributed by atoms with E-state index in [2.05, 4.69) is 15.6 Å². The third-order valence-electron chi connectivity index (χ3n) is 6.04. The molecule has 0 saturated carbocycles. The van der Waals surface area contributed by atoms with E-state index >= 15 is 0 Å². The summed E-state index contributed by atoms with van der Waals surface area (Å²) in [7, 11) is 0. The molecule has 8 heteroatoms. The maximum atomic E-state index is 13.5. The third kappa shape index (κ3) is 5.50. The van der Waals surface area contributed by atoms with Gasteiger partial charge in [-0.05, 0) is 47.7 Å². The summed E-state index contributed by atoms with van der Waals surface area (Å²) >= 11 is 0.